The number of aliphatic hydroxyl groups is 1. The van der Waals surface area contributed by atoms with Crippen molar-refractivity contribution in [2.24, 2.45) is 17.6 Å². The summed E-state index contributed by atoms with van der Waals surface area (Å²) < 4.78 is 35.3. The minimum atomic E-state index is -1.93. The van der Waals surface area contributed by atoms with Crippen molar-refractivity contribution >= 4 is 103 Å². The Hall–Kier alpha value is -7.65. The van der Waals surface area contributed by atoms with Crippen molar-refractivity contribution in [2.45, 2.75) is 173 Å². The van der Waals surface area contributed by atoms with Gasteiger partial charge in [-0.15, -0.1) is 0 Å². The molecule has 4 bridgehead atoms. The molecule has 502 valence electrons. The third-order valence-electron chi connectivity index (χ3n) is 16.8. The molecule has 0 radical (unpaired) electrons. The van der Waals surface area contributed by atoms with Crippen LogP contribution in [0.4, 0.5) is 21.0 Å². The molecule has 3 aromatic rings. The van der Waals surface area contributed by atoms with Gasteiger partial charge in [0.05, 0.1) is 36.5 Å². The minimum Gasteiger partial charge on any atom is -0.495 e. The van der Waals surface area contributed by atoms with Crippen LogP contribution in [-0.2, 0) is 58.9 Å². The molecule has 2 fully saturated rings. The van der Waals surface area contributed by atoms with Gasteiger partial charge in [0, 0.05) is 74.6 Å². The number of amides is 8. The van der Waals surface area contributed by atoms with Gasteiger partial charge in [0.25, 0.3) is 5.91 Å². The SMILES string of the molecule is C=C(CBr)C(=O)OC(C)(C)CCCCC(=O)N[C@H](C(=O)N[C@@H](CCCNC(N)=O)C(=O)Nc1ccc(C(=O)N(C)[C@@H](C)C(=O)O[C@H]2CC(=O)N(C)c3cc(cc(OC)c3Cl)C/C(C)=C/C=C/[C@@H](OC)[C@@]3(O)C[C@H](OC(=O)N3)[C@@H](C)[C@@H]3O[C@@]23C)c2cccnc12)C(C)C. The van der Waals surface area contributed by atoms with Crippen molar-refractivity contribution in [3.05, 3.63) is 94.7 Å². The van der Waals surface area contributed by atoms with Crippen molar-refractivity contribution in [1.29, 1.82) is 0 Å². The van der Waals surface area contributed by atoms with Crippen LogP contribution in [0.5, 0.6) is 5.75 Å². The first-order valence-corrected chi connectivity index (χ1v) is 31.9. The first kappa shape index (κ1) is 73.4. The Morgan fingerprint density at radius 3 is 2.43 bits per heavy atom. The number of ether oxygens (including phenoxy) is 6. The highest BCUT2D eigenvalue weighted by atomic mass is 79.9. The zero-order chi connectivity index (χ0) is 68.2. The van der Waals surface area contributed by atoms with Crippen LogP contribution in [0.3, 0.4) is 0 Å². The molecule has 1 aromatic heterocycles. The van der Waals surface area contributed by atoms with Crippen molar-refractivity contribution < 1.29 is 76.7 Å². The number of esters is 2. The maximum absolute atomic E-state index is 14.7. The van der Waals surface area contributed by atoms with Gasteiger partial charge >= 0.3 is 24.1 Å². The maximum atomic E-state index is 14.7. The van der Waals surface area contributed by atoms with E-state index in [0.717, 1.165) is 16.0 Å². The molecule has 2 saturated heterocycles. The number of primary amides is 1. The van der Waals surface area contributed by atoms with Gasteiger partial charge in [-0.3, -0.25) is 34.3 Å². The molecule has 0 aliphatic carbocycles. The van der Waals surface area contributed by atoms with Crippen LogP contribution in [-0.4, -0.2) is 168 Å². The van der Waals surface area contributed by atoms with E-state index < -0.39 is 131 Å². The zero-order valence-electron chi connectivity index (χ0n) is 54.2. The highest BCUT2D eigenvalue weighted by Gasteiger charge is 2.64. The third-order valence-corrected chi connectivity index (χ3v) is 17.9. The lowest BCUT2D eigenvalue weighted by Gasteiger charge is -2.42. The molecular formula is C65H87BrClN9O16. The highest BCUT2D eigenvalue weighted by Crippen LogP contribution is 2.49. The van der Waals surface area contributed by atoms with E-state index in [2.05, 4.69) is 54.1 Å². The van der Waals surface area contributed by atoms with Gasteiger partial charge in [-0.05, 0) is 115 Å². The molecule has 2 aromatic carbocycles. The summed E-state index contributed by atoms with van der Waals surface area (Å²) in [6.45, 7) is 17.5. The van der Waals surface area contributed by atoms with Crippen LogP contribution in [0, 0.1) is 11.8 Å². The number of carbonyl (C=O) groups excluding carboxylic acids is 9. The maximum Gasteiger partial charge on any atom is 0.409 e. The van der Waals surface area contributed by atoms with Crippen LogP contribution < -0.4 is 42.0 Å². The second-order valence-electron chi connectivity index (χ2n) is 24.7. The smallest absolute Gasteiger partial charge is 0.409 e. The summed E-state index contributed by atoms with van der Waals surface area (Å²) >= 11 is 10.1. The minimum absolute atomic E-state index is 0.0117. The monoisotopic (exact) mass is 1360 g/mol. The number of benzene rings is 2. The molecule has 0 saturated carbocycles. The molecular weight excluding hydrogens is 1280 g/mol. The Balaban J connectivity index is 1.21. The zero-order valence-corrected chi connectivity index (χ0v) is 56.5. The molecule has 0 unspecified atom stereocenters. The van der Waals surface area contributed by atoms with E-state index in [9.17, 15) is 48.3 Å². The van der Waals surface area contributed by atoms with Gasteiger partial charge in [-0.1, -0.05) is 84.7 Å². The number of unbranched alkanes of at least 4 members (excludes halogenated alkanes) is 1. The standard InChI is InChI=1S/C65H87BrClN9O16/c1-35(2)53(73-50(77)23-14-15-26-63(7,8)92-59(82)37(4)34-66)57(80)72-44(21-18-28-70-61(68)84)56(79)71-43-25-24-42(41-20-17-27-69-54(41)43)58(81)75(10)39(6)60(83)90-49-32-51(78)76(11)45-30-40(31-46(87-12)52(45)67)29-36(3)19-16-22-48(88-13)65(86)33-47(89-62(85)74-65)38(5)55-64(49,9)91-55/h16-17,19-20,22,24-25,27,30-31,35,38-39,44,47-49,53,55,86H,4,14-15,18,21,23,26,28-29,32-34H2,1-3,5-13H3,(H,71,79)(H,72,80)(H,73,77)(H,74,85)(H3,68,70,84)/b22-16+,36-19+/t38-,39+,44+,47+,48-,49+,53+,55+,64+,65+/m1/s1. The highest BCUT2D eigenvalue weighted by molar-refractivity contribution is 9.09. The van der Waals surface area contributed by atoms with E-state index in [4.69, 9.17) is 45.8 Å². The average molecular weight is 1370 g/mol. The lowest BCUT2D eigenvalue weighted by Crippen LogP contribution is -2.63. The first-order valence-electron chi connectivity index (χ1n) is 30.4. The summed E-state index contributed by atoms with van der Waals surface area (Å²) in [4.78, 5) is 130. The van der Waals surface area contributed by atoms with Crippen molar-refractivity contribution in [1.82, 2.24) is 31.2 Å². The number of nitrogens with one attached hydrogen (secondary N) is 5. The normalized spacial score (nSPS) is 23.5. The van der Waals surface area contributed by atoms with Gasteiger partial charge < -0.3 is 70.3 Å². The molecule has 4 heterocycles. The van der Waals surface area contributed by atoms with Gasteiger partial charge in [-0.2, -0.15) is 0 Å². The fourth-order valence-electron chi connectivity index (χ4n) is 11.1. The molecule has 92 heavy (non-hydrogen) atoms. The molecule has 3 aliphatic rings. The van der Waals surface area contributed by atoms with E-state index in [0.29, 0.717) is 37.1 Å². The Kier molecular flexibility index (Phi) is 25.4. The Bertz CT molecular complexity index is 3340. The fourth-order valence-corrected chi connectivity index (χ4v) is 11.7. The number of alkyl carbamates (subject to hydrolysis) is 1. The van der Waals surface area contributed by atoms with Crippen LogP contribution in [0.15, 0.2) is 78.5 Å². The number of halogens is 2. The molecule has 3 aliphatic heterocycles. The molecule has 8 N–H and O–H groups in total. The second-order valence-corrected chi connectivity index (χ2v) is 25.7. The number of allylic oxidation sites excluding steroid dienone is 3. The number of carbonyl (C=O) groups is 9. The molecule has 10 atom stereocenters. The lowest BCUT2D eigenvalue weighted by atomic mass is 9.83. The lowest BCUT2D eigenvalue weighted by molar-refractivity contribution is -0.158. The van der Waals surface area contributed by atoms with E-state index in [-0.39, 0.29) is 70.3 Å². The quantitative estimate of drug-likeness (QED) is 0.0116. The average Bonchev–Trinajstić information content (AvgIpc) is 1.56. The van der Waals surface area contributed by atoms with Gasteiger partial charge in [0.1, 0.15) is 58.4 Å². The number of nitrogens with two attached hydrogens (primary N) is 1. The molecule has 6 rings (SSSR count). The summed E-state index contributed by atoms with van der Waals surface area (Å²) in [5.74, 6) is -5.14. The predicted molar refractivity (Wildman–Crippen MR) is 348 cm³/mol. The number of epoxide rings is 1. The predicted octanol–water partition coefficient (Wildman–Crippen LogP) is 7.22. The van der Waals surface area contributed by atoms with Gasteiger partial charge in [-0.25, -0.2) is 19.2 Å². The van der Waals surface area contributed by atoms with Crippen LogP contribution in [0.25, 0.3) is 10.9 Å². The number of aromatic nitrogens is 1. The number of likely N-dealkylation sites (N-methyl/N-ethyl adjacent to an activating group) is 1. The molecule has 25 nitrogen and oxygen atoms in total. The Labute approximate surface area is 549 Å². The largest absolute Gasteiger partial charge is 0.495 e. The van der Waals surface area contributed by atoms with Gasteiger partial charge in [0.15, 0.2) is 5.72 Å². The molecule has 27 heteroatoms. The molecule has 8 amide bonds. The number of pyridine rings is 1. The number of hydrogen-bond acceptors (Lipinski definition) is 17. The van der Waals surface area contributed by atoms with Crippen LogP contribution in [0.1, 0.15) is 123 Å². The van der Waals surface area contributed by atoms with Crippen molar-refractivity contribution in [3.63, 3.8) is 0 Å². The van der Waals surface area contributed by atoms with Crippen molar-refractivity contribution in [3.8, 4) is 5.75 Å². The summed E-state index contributed by atoms with van der Waals surface area (Å²) in [6.07, 6.45) is 3.07. The molecule has 0 spiro atoms. The van der Waals surface area contributed by atoms with Crippen LogP contribution in [0.2, 0.25) is 5.02 Å². The topological polar surface area (TPSA) is 338 Å². The number of methoxy groups -OCH3 is 2. The van der Waals surface area contributed by atoms with Crippen molar-refractivity contribution in [2.75, 3.05) is 50.4 Å². The van der Waals surface area contributed by atoms with E-state index >= 15 is 0 Å². The summed E-state index contributed by atoms with van der Waals surface area (Å²) in [7, 11) is 5.77. The first-order chi connectivity index (χ1) is 43.3. The summed E-state index contributed by atoms with van der Waals surface area (Å²) in [5, 5.41) is 26.1. The Morgan fingerprint density at radius 1 is 1.05 bits per heavy atom. The van der Waals surface area contributed by atoms with E-state index in [1.165, 1.54) is 58.5 Å². The second kappa shape index (κ2) is 31.8. The summed E-state index contributed by atoms with van der Waals surface area (Å²) in [6, 6.07) is 5.20. The van der Waals surface area contributed by atoms with Crippen LogP contribution >= 0.6 is 27.5 Å². The number of anilines is 2. The number of hydrogen-bond donors (Lipinski definition) is 7. The fraction of sp³-hybridized carbons (Fsp3) is 0.538. The summed E-state index contributed by atoms with van der Waals surface area (Å²) in [5.41, 5.74) is 3.77. The number of rotatable bonds is 24. The van der Waals surface area contributed by atoms with E-state index in [1.807, 2.05) is 13.0 Å². The van der Waals surface area contributed by atoms with E-state index in [1.54, 1.807) is 78.0 Å². The number of fused-ring (bicyclic) bond motifs is 6. The number of urea groups is 1. The van der Waals surface area contributed by atoms with Gasteiger partial charge in [0.2, 0.25) is 23.6 Å². The number of nitrogens with zero attached hydrogens (tertiary/aromatic N) is 3. The number of alkyl halides is 1. The third kappa shape index (κ3) is 18.6. The Morgan fingerprint density at radius 2 is 1.77 bits per heavy atom.